The van der Waals surface area contributed by atoms with Crippen LogP contribution in [0.25, 0.3) is 0 Å². The number of carbonyl (C=O) groups is 2. The molecule has 0 spiro atoms. The Kier molecular flexibility index (Phi) is 8.22. The van der Waals surface area contributed by atoms with Gasteiger partial charge in [0, 0.05) is 25.1 Å². The van der Waals surface area contributed by atoms with Gasteiger partial charge in [0.25, 0.3) is 0 Å². The molecule has 0 saturated carbocycles. The fraction of sp³-hybridized carbons (Fsp3) is 0.385. The smallest absolute Gasteiger partial charge is 0.228 e. The van der Waals surface area contributed by atoms with Crippen LogP contribution in [0.2, 0.25) is 5.02 Å². The highest BCUT2D eigenvalue weighted by Gasteiger charge is 2.13. The van der Waals surface area contributed by atoms with Crippen LogP contribution in [-0.4, -0.2) is 25.4 Å². The number of halogens is 2. The predicted molar refractivity (Wildman–Crippen MR) is 84.7 cm³/mol. The molecule has 0 heterocycles. The van der Waals surface area contributed by atoms with Crippen molar-refractivity contribution in [3.05, 3.63) is 23.2 Å². The van der Waals surface area contributed by atoms with Crippen LogP contribution in [0.15, 0.2) is 18.2 Å². The van der Waals surface area contributed by atoms with Gasteiger partial charge in [0.15, 0.2) is 0 Å². The molecule has 3 N–H and O–H groups in total. The molecule has 112 valence electrons. The lowest BCUT2D eigenvalue weighted by molar-refractivity contribution is -0.119. The lowest BCUT2D eigenvalue weighted by Gasteiger charge is -2.13. The van der Waals surface area contributed by atoms with Gasteiger partial charge in [-0.1, -0.05) is 18.5 Å². The van der Waals surface area contributed by atoms with Gasteiger partial charge < -0.3 is 16.0 Å². The third-order valence-electron chi connectivity index (χ3n) is 2.50. The largest absolute Gasteiger partial charge is 0.326 e. The average molecular weight is 320 g/mol. The topological polar surface area (TPSA) is 70.2 Å². The van der Waals surface area contributed by atoms with Gasteiger partial charge in [-0.25, -0.2) is 0 Å². The number of benzene rings is 1. The van der Waals surface area contributed by atoms with Crippen LogP contribution >= 0.6 is 24.0 Å². The standard InChI is InChI=1S/C13H18ClN3O2.ClH/c1-8(7-15-3)13(19)17-12-6-10(16-9(2)18)4-5-11(12)14;/h4-6,8,15H,7H2,1-3H3,(H,16,18)(H,17,19);1H. The molecule has 7 heteroatoms. The van der Waals surface area contributed by atoms with Crippen molar-refractivity contribution in [1.82, 2.24) is 5.32 Å². The first kappa shape index (κ1) is 18.7. The van der Waals surface area contributed by atoms with E-state index in [0.29, 0.717) is 22.9 Å². The molecule has 1 unspecified atom stereocenters. The Morgan fingerprint density at radius 1 is 1.30 bits per heavy atom. The second-order valence-corrected chi connectivity index (χ2v) is 4.73. The van der Waals surface area contributed by atoms with E-state index in [1.807, 2.05) is 6.92 Å². The second kappa shape index (κ2) is 8.79. The zero-order chi connectivity index (χ0) is 14.4. The van der Waals surface area contributed by atoms with Crippen molar-refractivity contribution in [3.63, 3.8) is 0 Å². The highest BCUT2D eigenvalue weighted by molar-refractivity contribution is 6.33. The zero-order valence-electron chi connectivity index (χ0n) is 11.6. The molecule has 0 aromatic heterocycles. The van der Waals surface area contributed by atoms with Gasteiger partial charge in [0.1, 0.15) is 0 Å². The predicted octanol–water partition coefficient (Wildman–Crippen LogP) is 2.51. The van der Waals surface area contributed by atoms with Crippen molar-refractivity contribution in [2.45, 2.75) is 13.8 Å². The van der Waals surface area contributed by atoms with Crippen LogP contribution < -0.4 is 16.0 Å². The molecule has 1 aromatic rings. The summed E-state index contributed by atoms with van der Waals surface area (Å²) in [6.45, 7) is 3.81. The Hall–Kier alpha value is -1.30. The number of nitrogens with one attached hydrogen (secondary N) is 3. The van der Waals surface area contributed by atoms with Crippen molar-refractivity contribution in [1.29, 1.82) is 0 Å². The average Bonchev–Trinajstić information content (AvgIpc) is 2.33. The number of hydrogen-bond donors (Lipinski definition) is 3. The van der Waals surface area contributed by atoms with E-state index in [1.165, 1.54) is 6.92 Å². The van der Waals surface area contributed by atoms with Gasteiger partial charge in [0.2, 0.25) is 11.8 Å². The minimum atomic E-state index is -0.178. The van der Waals surface area contributed by atoms with Gasteiger partial charge >= 0.3 is 0 Å². The van der Waals surface area contributed by atoms with Crippen molar-refractivity contribution in [2.24, 2.45) is 5.92 Å². The number of anilines is 2. The molecule has 0 fully saturated rings. The highest BCUT2D eigenvalue weighted by Crippen LogP contribution is 2.26. The molecule has 2 amide bonds. The van der Waals surface area contributed by atoms with Crippen LogP contribution in [0.1, 0.15) is 13.8 Å². The van der Waals surface area contributed by atoms with Crippen LogP contribution in [0, 0.1) is 5.92 Å². The minimum Gasteiger partial charge on any atom is -0.326 e. The van der Waals surface area contributed by atoms with Gasteiger partial charge in [-0.2, -0.15) is 0 Å². The third-order valence-corrected chi connectivity index (χ3v) is 2.83. The molecule has 0 aliphatic heterocycles. The maximum Gasteiger partial charge on any atom is 0.228 e. The van der Waals surface area contributed by atoms with Gasteiger partial charge in [0.05, 0.1) is 10.7 Å². The summed E-state index contributed by atoms with van der Waals surface area (Å²) in [5, 5.41) is 8.75. The van der Waals surface area contributed by atoms with E-state index in [2.05, 4.69) is 16.0 Å². The summed E-state index contributed by atoms with van der Waals surface area (Å²) in [7, 11) is 1.79. The molecule has 1 rings (SSSR count). The molecule has 1 aromatic carbocycles. The van der Waals surface area contributed by atoms with Crippen LogP contribution in [-0.2, 0) is 9.59 Å². The summed E-state index contributed by atoms with van der Waals surface area (Å²) in [5.74, 6) is -0.482. The first-order valence-electron chi connectivity index (χ1n) is 5.96. The van der Waals surface area contributed by atoms with Crippen LogP contribution in [0.4, 0.5) is 11.4 Å². The van der Waals surface area contributed by atoms with E-state index in [-0.39, 0.29) is 30.1 Å². The summed E-state index contributed by atoms with van der Waals surface area (Å²) < 4.78 is 0. The van der Waals surface area contributed by atoms with Crippen molar-refractivity contribution in [3.8, 4) is 0 Å². The fourth-order valence-electron chi connectivity index (χ4n) is 1.56. The summed E-state index contributed by atoms with van der Waals surface area (Å²) in [4.78, 5) is 22.9. The second-order valence-electron chi connectivity index (χ2n) is 4.32. The molecular formula is C13H19Cl2N3O2. The summed E-state index contributed by atoms with van der Waals surface area (Å²) >= 11 is 6.02. The molecule has 1 atom stereocenters. The normalized spacial score (nSPS) is 11.2. The Balaban J connectivity index is 0.00000361. The van der Waals surface area contributed by atoms with E-state index in [9.17, 15) is 9.59 Å². The van der Waals surface area contributed by atoms with E-state index in [4.69, 9.17) is 11.6 Å². The lowest BCUT2D eigenvalue weighted by atomic mass is 10.1. The Morgan fingerprint density at radius 3 is 2.50 bits per heavy atom. The van der Waals surface area contributed by atoms with Gasteiger partial charge in [-0.3, -0.25) is 9.59 Å². The maximum atomic E-state index is 11.9. The highest BCUT2D eigenvalue weighted by atomic mass is 35.5. The molecule has 20 heavy (non-hydrogen) atoms. The Morgan fingerprint density at radius 2 is 1.95 bits per heavy atom. The molecule has 5 nitrogen and oxygen atoms in total. The van der Waals surface area contributed by atoms with Crippen molar-refractivity contribution < 1.29 is 9.59 Å². The lowest BCUT2D eigenvalue weighted by Crippen LogP contribution is -2.28. The van der Waals surface area contributed by atoms with E-state index >= 15 is 0 Å². The quantitative estimate of drug-likeness (QED) is 0.781. The fourth-order valence-corrected chi connectivity index (χ4v) is 1.72. The minimum absolute atomic E-state index is 0. The van der Waals surface area contributed by atoms with Gasteiger partial charge in [-0.05, 0) is 25.2 Å². The van der Waals surface area contributed by atoms with E-state index < -0.39 is 0 Å². The summed E-state index contributed by atoms with van der Waals surface area (Å²) in [6, 6.07) is 4.94. The number of rotatable bonds is 5. The summed E-state index contributed by atoms with van der Waals surface area (Å²) in [6.07, 6.45) is 0. The first-order valence-corrected chi connectivity index (χ1v) is 6.34. The summed E-state index contributed by atoms with van der Waals surface area (Å²) in [5.41, 5.74) is 1.08. The van der Waals surface area contributed by atoms with Crippen molar-refractivity contribution >= 4 is 47.2 Å². The Labute approximate surface area is 129 Å². The molecule has 0 saturated heterocycles. The molecule has 0 aliphatic carbocycles. The molecule has 0 bridgehead atoms. The maximum absolute atomic E-state index is 11.9. The monoisotopic (exact) mass is 319 g/mol. The molecule has 0 aliphatic rings. The SMILES string of the molecule is CNCC(C)C(=O)Nc1cc(NC(C)=O)ccc1Cl.Cl. The number of carbonyl (C=O) groups excluding carboxylic acids is 2. The zero-order valence-corrected chi connectivity index (χ0v) is 13.2. The number of amides is 2. The number of hydrogen-bond acceptors (Lipinski definition) is 3. The van der Waals surface area contributed by atoms with E-state index in [1.54, 1.807) is 25.2 Å². The van der Waals surface area contributed by atoms with Crippen LogP contribution in [0.3, 0.4) is 0 Å². The molecule has 0 radical (unpaired) electrons. The van der Waals surface area contributed by atoms with E-state index in [0.717, 1.165) is 0 Å². The Bertz CT molecular complexity index is 481. The molecular weight excluding hydrogens is 301 g/mol. The van der Waals surface area contributed by atoms with Gasteiger partial charge in [-0.15, -0.1) is 12.4 Å². The third kappa shape index (κ3) is 5.77. The van der Waals surface area contributed by atoms with Crippen LogP contribution in [0.5, 0.6) is 0 Å². The first-order chi connectivity index (χ1) is 8.93. The van der Waals surface area contributed by atoms with Crippen molar-refractivity contribution in [2.75, 3.05) is 24.2 Å².